The lowest BCUT2D eigenvalue weighted by molar-refractivity contribution is 0.0713. The molecule has 0 atom stereocenters. The zero-order chi connectivity index (χ0) is 20.0. The van der Waals surface area contributed by atoms with E-state index < -0.39 is 6.43 Å². The van der Waals surface area contributed by atoms with Crippen molar-refractivity contribution in [3.8, 4) is 0 Å². The van der Waals surface area contributed by atoms with E-state index in [9.17, 15) is 13.6 Å². The highest BCUT2D eigenvalue weighted by Gasteiger charge is 2.27. The fourth-order valence-corrected chi connectivity index (χ4v) is 4.98. The van der Waals surface area contributed by atoms with Crippen LogP contribution in [0.25, 0.3) is 21.3 Å². The third-order valence-corrected chi connectivity index (χ3v) is 6.59. The number of nitrogens with one attached hydrogen (secondary N) is 1. The minimum atomic E-state index is -2.66. The van der Waals surface area contributed by atoms with Gasteiger partial charge >= 0.3 is 0 Å². The maximum atomic E-state index is 12.9. The summed E-state index contributed by atoms with van der Waals surface area (Å²) in [5, 5.41) is 1.14. The van der Waals surface area contributed by atoms with Crippen molar-refractivity contribution in [3.63, 3.8) is 0 Å². The highest BCUT2D eigenvalue weighted by Crippen LogP contribution is 2.34. The molecule has 4 aromatic rings. The number of hydrogen-bond acceptors (Lipinski definition) is 4. The third kappa shape index (κ3) is 3.37. The van der Waals surface area contributed by atoms with Crippen molar-refractivity contribution in [2.75, 3.05) is 13.1 Å². The van der Waals surface area contributed by atoms with Crippen molar-refractivity contribution in [1.29, 1.82) is 0 Å². The second-order valence-corrected chi connectivity index (χ2v) is 8.30. The number of carbonyl (C=O) groups excluding carboxylic acids is 1. The summed E-state index contributed by atoms with van der Waals surface area (Å²) in [5.74, 6) is -0.0933. The molecule has 0 aliphatic carbocycles. The summed E-state index contributed by atoms with van der Waals surface area (Å²) >= 11 is 1.73. The summed E-state index contributed by atoms with van der Waals surface area (Å²) in [6.45, 7) is 1.31. The SMILES string of the molecule is O=C(c1ccc2nc(C(F)F)[nH]c2c1)N1CCC(c2nc3ccccc3s2)CC1. The first-order chi connectivity index (χ1) is 14.1. The van der Waals surface area contributed by atoms with Crippen molar-refractivity contribution in [2.24, 2.45) is 0 Å². The molecule has 2 aromatic carbocycles. The summed E-state index contributed by atoms with van der Waals surface area (Å²) in [5.41, 5.74) is 2.41. The van der Waals surface area contributed by atoms with E-state index in [-0.39, 0.29) is 11.7 Å². The molecule has 0 saturated carbocycles. The maximum absolute atomic E-state index is 12.9. The lowest BCUT2D eigenvalue weighted by Crippen LogP contribution is -2.37. The average molecular weight is 412 g/mol. The van der Waals surface area contributed by atoms with Gasteiger partial charge in [0.2, 0.25) is 0 Å². The normalized spacial score (nSPS) is 15.6. The van der Waals surface area contributed by atoms with E-state index in [4.69, 9.17) is 4.98 Å². The smallest absolute Gasteiger partial charge is 0.295 e. The Kier molecular flexibility index (Phi) is 4.50. The number of likely N-dealkylation sites (tertiary alicyclic amines) is 1. The number of imidazole rings is 1. The van der Waals surface area contributed by atoms with Gasteiger partial charge in [-0.15, -0.1) is 11.3 Å². The molecule has 1 amide bonds. The van der Waals surface area contributed by atoms with Gasteiger partial charge in [-0.05, 0) is 43.2 Å². The van der Waals surface area contributed by atoms with Crippen LogP contribution >= 0.6 is 11.3 Å². The van der Waals surface area contributed by atoms with E-state index >= 15 is 0 Å². The number of para-hydroxylation sites is 1. The molecule has 1 N–H and O–H groups in total. The topological polar surface area (TPSA) is 61.9 Å². The fourth-order valence-electron chi connectivity index (χ4n) is 3.84. The summed E-state index contributed by atoms with van der Waals surface area (Å²) in [4.78, 5) is 25.9. The van der Waals surface area contributed by atoms with Gasteiger partial charge in [-0.2, -0.15) is 0 Å². The Morgan fingerprint density at radius 1 is 1.10 bits per heavy atom. The number of H-pyrrole nitrogens is 1. The molecular weight excluding hydrogens is 394 g/mol. The van der Waals surface area contributed by atoms with Crippen molar-refractivity contribution < 1.29 is 13.6 Å². The van der Waals surface area contributed by atoms with Gasteiger partial charge in [0.05, 0.1) is 26.3 Å². The van der Waals surface area contributed by atoms with Crippen molar-refractivity contribution >= 4 is 38.5 Å². The van der Waals surface area contributed by atoms with E-state index in [1.54, 1.807) is 29.5 Å². The predicted octanol–water partition coefficient (Wildman–Crippen LogP) is 5.13. The van der Waals surface area contributed by atoms with Gasteiger partial charge in [-0.25, -0.2) is 18.7 Å². The van der Waals surface area contributed by atoms with Gasteiger partial charge in [0, 0.05) is 24.6 Å². The molecule has 0 bridgehead atoms. The largest absolute Gasteiger partial charge is 0.339 e. The van der Waals surface area contributed by atoms with Gasteiger partial charge in [-0.1, -0.05) is 12.1 Å². The Balaban J connectivity index is 1.30. The molecule has 1 aliphatic rings. The van der Waals surface area contributed by atoms with Crippen LogP contribution in [0.2, 0.25) is 0 Å². The number of piperidine rings is 1. The third-order valence-electron chi connectivity index (χ3n) is 5.40. The van der Waals surface area contributed by atoms with E-state index in [1.165, 1.54) is 4.70 Å². The minimum absolute atomic E-state index is 0.0807. The van der Waals surface area contributed by atoms with Gasteiger partial charge in [0.15, 0.2) is 5.82 Å². The van der Waals surface area contributed by atoms with Crippen LogP contribution in [-0.2, 0) is 0 Å². The molecule has 0 spiro atoms. The van der Waals surface area contributed by atoms with Crippen LogP contribution in [-0.4, -0.2) is 38.8 Å². The minimum Gasteiger partial charge on any atom is -0.339 e. The summed E-state index contributed by atoms with van der Waals surface area (Å²) in [6.07, 6.45) is -0.927. The first-order valence-corrected chi connectivity index (χ1v) is 10.3. The van der Waals surface area contributed by atoms with Gasteiger partial charge in [0.1, 0.15) is 0 Å². The number of alkyl halides is 2. The summed E-state index contributed by atoms with van der Waals surface area (Å²) in [6, 6.07) is 13.0. The van der Waals surface area contributed by atoms with Crippen molar-refractivity contribution in [2.45, 2.75) is 25.2 Å². The lowest BCUT2D eigenvalue weighted by Gasteiger charge is -2.31. The molecule has 1 fully saturated rings. The molecule has 8 heteroatoms. The van der Waals surface area contributed by atoms with Gasteiger partial charge < -0.3 is 9.88 Å². The number of rotatable bonds is 3. The molecular formula is C21H18F2N4OS. The number of amides is 1. The molecule has 2 aromatic heterocycles. The van der Waals surface area contributed by atoms with Crippen LogP contribution in [0.5, 0.6) is 0 Å². The molecule has 0 radical (unpaired) electrons. The monoisotopic (exact) mass is 412 g/mol. The summed E-state index contributed by atoms with van der Waals surface area (Å²) in [7, 11) is 0. The van der Waals surface area contributed by atoms with Gasteiger partial charge in [-0.3, -0.25) is 4.79 Å². The first-order valence-electron chi connectivity index (χ1n) is 9.51. The zero-order valence-corrected chi connectivity index (χ0v) is 16.3. The molecule has 5 nitrogen and oxygen atoms in total. The Labute approximate surface area is 169 Å². The van der Waals surface area contributed by atoms with Crippen LogP contribution in [0.4, 0.5) is 8.78 Å². The Bertz CT molecular complexity index is 1160. The number of carbonyl (C=O) groups is 1. The number of nitrogens with zero attached hydrogens (tertiary/aromatic N) is 3. The molecule has 1 aliphatic heterocycles. The molecule has 0 unspecified atom stereocenters. The number of aromatic nitrogens is 3. The fraction of sp³-hybridized carbons (Fsp3) is 0.286. The van der Waals surface area contributed by atoms with Crippen LogP contribution in [0, 0.1) is 0 Å². The van der Waals surface area contributed by atoms with E-state index in [1.807, 2.05) is 23.1 Å². The standard InChI is InChI=1S/C21H18F2N4OS/c22-18(23)19-24-14-6-5-13(11-16(14)25-19)21(28)27-9-7-12(8-10-27)20-26-15-3-1-2-4-17(15)29-20/h1-6,11-12,18H,7-10H2,(H,24,25). The number of halogens is 2. The predicted molar refractivity (Wildman–Crippen MR) is 109 cm³/mol. The summed E-state index contributed by atoms with van der Waals surface area (Å²) < 4.78 is 26.8. The van der Waals surface area contributed by atoms with E-state index in [0.717, 1.165) is 23.4 Å². The average Bonchev–Trinajstić information content (AvgIpc) is 3.37. The molecule has 29 heavy (non-hydrogen) atoms. The van der Waals surface area contributed by atoms with E-state index in [0.29, 0.717) is 35.6 Å². The highest BCUT2D eigenvalue weighted by atomic mass is 32.1. The van der Waals surface area contributed by atoms with E-state index in [2.05, 4.69) is 16.0 Å². The zero-order valence-electron chi connectivity index (χ0n) is 15.4. The number of aromatic amines is 1. The van der Waals surface area contributed by atoms with Crippen LogP contribution < -0.4 is 0 Å². The Hall–Kier alpha value is -2.87. The molecule has 148 valence electrons. The van der Waals surface area contributed by atoms with Crippen LogP contribution in [0.1, 0.15) is 46.4 Å². The highest BCUT2D eigenvalue weighted by molar-refractivity contribution is 7.18. The second-order valence-electron chi connectivity index (χ2n) is 7.24. The van der Waals surface area contributed by atoms with Crippen LogP contribution in [0.3, 0.4) is 0 Å². The Morgan fingerprint density at radius 2 is 1.90 bits per heavy atom. The maximum Gasteiger partial charge on any atom is 0.295 e. The lowest BCUT2D eigenvalue weighted by atomic mass is 9.97. The van der Waals surface area contributed by atoms with Crippen molar-refractivity contribution in [1.82, 2.24) is 19.9 Å². The Morgan fingerprint density at radius 3 is 2.66 bits per heavy atom. The number of hydrogen-bond donors (Lipinski definition) is 1. The second kappa shape index (κ2) is 7.18. The van der Waals surface area contributed by atoms with Crippen LogP contribution in [0.15, 0.2) is 42.5 Å². The molecule has 1 saturated heterocycles. The number of fused-ring (bicyclic) bond motifs is 2. The molecule has 5 rings (SSSR count). The number of benzene rings is 2. The first kappa shape index (κ1) is 18.2. The van der Waals surface area contributed by atoms with Crippen molar-refractivity contribution in [3.05, 3.63) is 58.9 Å². The van der Waals surface area contributed by atoms with Gasteiger partial charge in [0.25, 0.3) is 12.3 Å². The quantitative estimate of drug-likeness (QED) is 0.507. The number of thiazole rings is 1. The molecule has 3 heterocycles.